The van der Waals surface area contributed by atoms with E-state index in [1.54, 1.807) is 12.1 Å². The number of rotatable bonds is 5. The third-order valence-electron chi connectivity index (χ3n) is 3.38. The zero-order valence-electron chi connectivity index (χ0n) is 11.7. The summed E-state index contributed by atoms with van der Waals surface area (Å²) in [6, 6.07) is 5.88. The molecule has 2 N–H and O–H groups in total. The lowest BCUT2D eigenvalue weighted by molar-refractivity contribution is -0.125. The van der Waals surface area contributed by atoms with Crippen LogP contribution in [-0.4, -0.2) is 31.6 Å². The molecule has 1 aromatic carbocycles. The maximum Gasteiger partial charge on any atom is 0.224 e. The van der Waals surface area contributed by atoms with Gasteiger partial charge in [-0.25, -0.2) is 4.39 Å². The molecule has 0 radical (unpaired) electrons. The molecule has 2 atom stereocenters. The molecule has 0 aromatic heterocycles. The molecule has 1 aromatic rings. The minimum atomic E-state index is -0.289. The number of hydrogen-bond donors (Lipinski definition) is 2. The van der Waals surface area contributed by atoms with Crippen molar-refractivity contribution in [2.75, 3.05) is 19.6 Å². The van der Waals surface area contributed by atoms with Crippen LogP contribution < -0.4 is 15.4 Å². The molecule has 2 rings (SSSR count). The number of carbonyl (C=O) groups is 1. The summed E-state index contributed by atoms with van der Waals surface area (Å²) in [5.41, 5.74) is 0. The Balaban J connectivity index is 1.72. The average molecular weight is 280 g/mol. The molecular formula is C15H21FN2O2. The summed E-state index contributed by atoms with van der Waals surface area (Å²) < 4.78 is 18.4. The molecule has 1 aliphatic rings. The number of hydrogen-bond acceptors (Lipinski definition) is 3. The highest BCUT2D eigenvalue weighted by Crippen LogP contribution is 2.13. The van der Waals surface area contributed by atoms with Gasteiger partial charge in [-0.1, -0.05) is 0 Å². The van der Waals surface area contributed by atoms with E-state index < -0.39 is 0 Å². The van der Waals surface area contributed by atoms with E-state index in [1.165, 1.54) is 12.1 Å². The van der Waals surface area contributed by atoms with Crippen molar-refractivity contribution in [1.29, 1.82) is 0 Å². The fourth-order valence-electron chi connectivity index (χ4n) is 2.25. The van der Waals surface area contributed by atoms with Crippen LogP contribution in [0.5, 0.6) is 5.75 Å². The summed E-state index contributed by atoms with van der Waals surface area (Å²) in [7, 11) is 0. The summed E-state index contributed by atoms with van der Waals surface area (Å²) in [5, 5.41) is 6.13. The molecule has 0 spiro atoms. The van der Waals surface area contributed by atoms with Crippen LogP contribution in [0.1, 0.15) is 19.8 Å². The van der Waals surface area contributed by atoms with Gasteiger partial charge in [-0.3, -0.25) is 4.79 Å². The van der Waals surface area contributed by atoms with Crippen molar-refractivity contribution in [2.45, 2.75) is 25.9 Å². The van der Waals surface area contributed by atoms with Crippen LogP contribution in [0.3, 0.4) is 0 Å². The maximum atomic E-state index is 12.8. The molecule has 5 heteroatoms. The van der Waals surface area contributed by atoms with Gasteiger partial charge in [-0.15, -0.1) is 0 Å². The second-order valence-electron chi connectivity index (χ2n) is 5.17. The fourth-order valence-corrected chi connectivity index (χ4v) is 2.25. The quantitative estimate of drug-likeness (QED) is 0.863. The second kappa shape index (κ2) is 7.24. The molecule has 1 fully saturated rings. The first-order chi connectivity index (χ1) is 9.65. The van der Waals surface area contributed by atoms with E-state index in [0.29, 0.717) is 12.3 Å². The molecule has 1 heterocycles. The van der Waals surface area contributed by atoms with E-state index in [2.05, 4.69) is 10.6 Å². The van der Waals surface area contributed by atoms with Crippen LogP contribution in [-0.2, 0) is 4.79 Å². The maximum absolute atomic E-state index is 12.8. The van der Waals surface area contributed by atoms with Gasteiger partial charge in [0.25, 0.3) is 0 Å². The molecule has 0 bridgehead atoms. The molecule has 2 unspecified atom stereocenters. The number of halogens is 1. The predicted molar refractivity (Wildman–Crippen MR) is 75.1 cm³/mol. The summed E-state index contributed by atoms with van der Waals surface area (Å²) in [6.07, 6.45) is 1.83. The molecule has 20 heavy (non-hydrogen) atoms. The Labute approximate surface area is 118 Å². The van der Waals surface area contributed by atoms with Crippen LogP contribution in [0.2, 0.25) is 0 Å². The molecular weight excluding hydrogens is 259 g/mol. The topological polar surface area (TPSA) is 50.4 Å². The van der Waals surface area contributed by atoms with Gasteiger partial charge in [0.2, 0.25) is 5.91 Å². The molecule has 1 amide bonds. The molecule has 1 aliphatic heterocycles. The highest BCUT2D eigenvalue weighted by Gasteiger charge is 2.21. The number of nitrogens with one attached hydrogen (secondary N) is 2. The number of piperidine rings is 1. The molecule has 4 nitrogen and oxygen atoms in total. The van der Waals surface area contributed by atoms with Gasteiger partial charge < -0.3 is 15.4 Å². The van der Waals surface area contributed by atoms with Crippen LogP contribution in [0.15, 0.2) is 24.3 Å². The van der Waals surface area contributed by atoms with Gasteiger partial charge in [0.05, 0.1) is 12.5 Å². The number of carbonyl (C=O) groups excluding carboxylic acids is 1. The van der Waals surface area contributed by atoms with Crippen molar-refractivity contribution in [1.82, 2.24) is 10.6 Å². The Morgan fingerprint density at radius 1 is 1.50 bits per heavy atom. The zero-order chi connectivity index (χ0) is 14.4. The summed E-state index contributed by atoms with van der Waals surface area (Å²) >= 11 is 0. The molecule has 1 saturated heterocycles. The van der Waals surface area contributed by atoms with Gasteiger partial charge in [0, 0.05) is 6.54 Å². The van der Waals surface area contributed by atoms with Gasteiger partial charge in [-0.05, 0) is 50.6 Å². The van der Waals surface area contributed by atoms with E-state index in [4.69, 9.17) is 4.74 Å². The monoisotopic (exact) mass is 280 g/mol. The highest BCUT2D eigenvalue weighted by atomic mass is 19.1. The number of benzene rings is 1. The lowest BCUT2D eigenvalue weighted by Crippen LogP contribution is -2.43. The van der Waals surface area contributed by atoms with Crippen molar-refractivity contribution in [3.05, 3.63) is 30.1 Å². The number of amides is 1. The number of ether oxygens (including phenoxy) is 1. The molecule has 110 valence electrons. The largest absolute Gasteiger partial charge is 0.489 e. The van der Waals surface area contributed by atoms with Crippen LogP contribution in [0.4, 0.5) is 4.39 Å². The van der Waals surface area contributed by atoms with E-state index >= 15 is 0 Å². The van der Waals surface area contributed by atoms with Crippen molar-refractivity contribution < 1.29 is 13.9 Å². The van der Waals surface area contributed by atoms with Gasteiger partial charge in [-0.2, -0.15) is 0 Å². The van der Waals surface area contributed by atoms with Crippen molar-refractivity contribution in [3.8, 4) is 5.75 Å². The van der Waals surface area contributed by atoms with Crippen LogP contribution in [0, 0.1) is 11.7 Å². The van der Waals surface area contributed by atoms with Gasteiger partial charge >= 0.3 is 0 Å². The fraction of sp³-hybridized carbons (Fsp3) is 0.533. The van der Waals surface area contributed by atoms with E-state index in [9.17, 15) is 9.18 Å². The summed E-state index contributed by atoms with van der Waals surface area (Å²) in [5.74, 6) is 0.448. The van der Waals surface area contributed by atoms with Crippen molar-refractivity contribution >= 4 is 5.91 Å². The van der Waals surface area contributed by atoms with Crippen LogP contribution in [0.25, 0.3) is 0 Å². The Morgan fingerprint density at radius 2 is 2.25 bits per heavy atom. The third-order valence-corrected chi connectivity index (χ3v) is 3.38. The lowest BCUT2D eigenvalue weighted by Gasteiger charge is -2.23. The Bertz CT molecular complexity index is 430. The second-order valence-corrected chi connectivity index (χ2v) is 5.17. The van der Waals surface area contributed by atoms with Crippen molar-refractivity contribution in [2.24, 2.45) is 5.92 Å². The minimum absolute atomic E-state index is 0.0572. The van der Waals surface area contributed by atoms with E-state index in [0.717, 1.165) is 25.9 Å². The average Bonchev–Trinajstić information content (AvgIpc) is 2.48. The lowest BCUT2D eigenvalue weighted by atomic mass is 9.99. The Kier molecular flexibility index (Phi) is 5.35. The highest BCUT2D eigenvalue weighted by molar-refractivity contribution is 5.78. The molecule has 0 saturated carbocycles. The zero-order valence-corrected chi connectivity index (χ0v) is 11.7. The first kappa shape index (κ1) is 14.8. The first-order valence-electron chi connectivity index (χ1n) is 7.06. The van der Waals surface area contributed by atoms with Gasteiger partial charge in [0.15, 0.2) is 0 Å². The SMILES string of the molecule is CC(CNC(=O)C1CCCNC1)Oc1ccc(F)cc1. The summed E-state index contributed by atoms with van der Waals surface area (Å²) in [6.45, 7) is 4.07. The predicted octanol–water partition coefficient (Wildman–Crippen LogP) is 1.71. The normalized spacial score (nSPS) is 20.2. The minimum Gasteiger partial charge on any atom is -0.489 e. The van der Waals surface area contributed by atoms with E-state index in [-0.39, 0.29) is 23.7 Å². The Morgan fingerprint density at radius 3 is 2.90 bits per heavy atom. The third kappa shape index (κ3) is 4.49. The summed E-state index contributed by atoms with van der Waals surface area (Å²) in [4.78, 5) is 11.9. The standard InChI is InChI=1S/C15H21FN2O2/c1-11(20-14-6-4-13(16)5-7-14)9-18-15(19)12-3-2-8-17-10-12/h4-7,11-12,17H,2-3,8-10H2,1H3,(H,18,19). The van der Waals surface area contributed by atoms with Crippen LogP contribution >= 0.6 is 0 Å². The van der Waals surface area contributed by atoms with Crippen molar-refractivity contribution in [3.63, 3.8) is 0 Å². The Hall–Kier alpha value is -1.62. The molecule has 0 aliphatic carbocycles. The smallest absolute Gasteiger partial charge is 0.224 e. The van der Waals surface area contributed by atoms with E-state index in [1.807, 2.05) is 6.92 Å². The first-order valence-corrected chi connectivity index (χ1v) is 7.06. The van der Waals surface area contributed by atoms with Gasteiger partial charge in [0.1, 0.15) is 17.7 Å².